The third kappa shape index (κ3) is 3.58. The standard InChI is InChI=1S/C18H25NO2/c1-13(18(20)19-16-8-4-5-9-16)21-17-11-10-14-6-2-3-7-15(14)12-17/h10-13,16H,2-9H2,1H3,(H,19,20)/t13-/m1/s1. The van der Waals surface area contributed by atoms with Gasteiger partial charge in [0.1, 0.15) is 5.75 Å². The van der Waals surface area contributed by atoms with Crippen molar-refractivity contribution in [2.45, 2.75) is 70.4 Å². The number of ether oxygens (including phenoxy) is 1. The van der Waals surface area contributed by atoms with Crippen LogP contribution in [0.4, 0.5) is 0 Å². The van der Waals surface area contributed by atoms with E-state index in [-0.39, 0.29) is 5.91 Å². The fourth-order valence-electron chi connectivity index (χ4n) is 3.43. The SMILES string of the molecule is C[C@@H](Oc1ccc2c(c1)CCCC2)C(=O)NC1CCCC1. The number of aryl methyl sites for hydroxylation is 2. The molecule has 0 heterocycles. The monoisotopic (exact) mass is 287 g/mol. The summed E-state index contributed by atoms with van der Waals surface area (Å²) in [5, 5.41) is 3.10. The predicted octanol–water partition coefficient (Wildman–Crippen LogP) is 3.39. The van der Waals surface area contributed by atoms with Crippen LogP contribution in [0.5, 0.6) is 5.75 Å². The quantitative estimate of drug-likeness (QED) is 0.922. The molecule has 1 fully saturated rings. The molecule has 1 aromatic rings. The molecule has 1 saturated carbocycles. The number of rotatable bonds is 4. The lowest BCUT2D eigenvalue weighted by Crippen LogP contribution is -2.41. The van der Waals surface area contributed by atoms with E-state index in [4.69, 9.17) is 4.74 Å². The highest BCUT2D eigenvalue weighted by atomic mass is 16.5. The smallest absolute Gasteiger partial charge is 0.260 e. The van der Waals surface area contributed by atoms with Crippen LogP contribution >= 0.6 is 0 Å². The Morgan fingerprint density at radius 1 is 1.14 bits per heavy atom. The van der Waals surface area contributed by atoms with Crippen molar-refractivity contribution < 1.29 is 9.53 Å². The molecule has 114 valence electrons. The average molecular weight is 287 g/mol. The minimum absolute atomic E-state index is 0.0135. The van der Waals surface area contributed by atoms with Crippen LogP contribution in [-0.4, -0.2) is 18.1 Å². The van der Waals surface area contributed by atoms with E-state index in [1.165, 1.54) is 43.2 Å². The Bertz CT molecular complexity index is 506. The van der Waals surface area contributed by atoms with Crippen LogP contribution in [0, 0.1) is 0 Å². The molecule has 1 atom stereocenters. The van der Waals surface area contributed by atoms with Gasteiger partial charge in [-0.3, -0.25) is 4.79 Å². The summed E-state index contributed by atoms with van der Waals surface area (Å²) < 4.78 is 5.84. The fraction of sp³-hybridized carbons (Fsp3) is 0.611. The average Bonchev–Trinajstić information content (AvgIpc) is 3.00. The van der Waals surface area contributed by atoms with Crippen LogP contribution in [0.1, 0.15) is 56.6 Å². The van der Waals surface area contributed by atoms with E-state index in [0.29, 0.717) is 6.04 Å². The lowest BCUT2D eigenvalue weighted by Gasteiger charge is -2.20. The van der Waals surface area contributed by atoms with Gasteiger partial charge in [0.15, 0.2) is 6.10 Å². The van der Waals surface area contributed by atoms with Gasteiger partial charge in [-0.2, -0.15) is 0 Å². The first-order valence-electron chi connectivity index (χ1n) is 8.31. The molecule has 3 nitrogen and oxygen atoms in total. The summed E-state index contributed by atoms with van der Waals surface area (Å²) in [5.41, 5.74) is 2.83. The fourth-order valence-corrected chi connectivity index (χ4v) is 3.43. The topological polar surface area (TPSA) is 38.3 Å². The molecule has 1 amide bonds. The Morgan fingerprint density at radius 2 is 1.86 bits per heavy atom. The van der Waals surface area contributed by atoms with Gasteiger partial charge in [0.05, 0.1) is 0 Å². The normalized spacial score (nSPS) is 19.9. The molecule has 1 aromatic carbocycles. The zero-order chi connectivity index (χ0) is 14.7. The molecule has 2 aliphatic rings. The van der Waals surface area contributed by atoms with Crippen LogP contribution in [0.25, 0.3) is 0 Å². The minimum Gasteiger partial charge on any atom is -0.481 e. The van der Waals surface area contributed by atoms with Crippen molar-refractivity contribution in [3.05, 3.63) is 29.3 Å². The molecule has 0 unspecified atom stereocenters. The Balaban J connectivity index is 1.58. The summed E-state index contributed by atoms with van der Waals surface area (Å²) >= 11 is 0. The number of benzene rings is 1. The predicted molar refractivity (Wildman–Crippen MR) is 83.6 cm³/mol. The third-order valence-corrected chi connectivity index (χ3v) is 4.70. The van der Waals surface area contributed by atoms with Gasteiger partial charge in [-0.1, -0.05) is 18.9 Å². The Morgan fingerprint density at radius 3 is 2.62 bits per heavy atom. The van der Waals surface area contributed by atoms with Gasteiger partial charge in [-0.25, -0.2) is 0 Å². The highest BCUT2D eigenvalue weighted by Crippen LogP contribution is 2.26. The van der Waals surface area contributed by atoms with Crippen molar-refractivity contribution in [2.24, 2.45) is 0 Å². The van der Waals surface area contributed by atoms with Crippen molar-refractivity contribution in [3.8, 4) is 5.75 Å². The van der Waals surface area contributed by atoms with E-state index in [1.807, 2.05) is 13.0 Å². The molecule has 2 aliphatic carbocycles. The summed E-state index contributed by atoms with van der Waals surface area (Å²) in [6, 6.07) is 6.63. The van der Waals surface area contributed by atoms with Gasteiger partial charge >= 0.3 is 0 Å². The molecule has 0 saturated heterocycles. The van der Waals surface area contributed by atoms with Crippen LogP contribution in [-0.2, 0) is 17.6 Å². The summed E-state index contributed by atoms with van der Waals surface area (Å²) in [6.45, 7) is 1.84. The van der Waals surface area contributed by atoms with Crippen LogP contribution < -0.4 is 10.1 Å². The summed E-state index contributed by atoms with van der Waals surface area (Å²) in [4.78, 5) is 12.2. The van der Waals surface area contributed by atoms with E-state index in [1.54, 1.807) is 0 Å². The summed E-state index contributed by atoms with van der Waals surface area (Å²) in [5.74, 6) is 0.837. The number of amides is 1. The number of nitrogens with one attached hydrogen (secondary N) is 1. The molecule has 3 rings (SSSR count). The lowest BCUT2D eigenvalue weighted by atomic mass is 9.92. The largest absolute Gasteiger partial charge is 0.481 e. The molecule has 0 aromatic heterocycles. The number of hydrogen-bond acceptors (Lipinski definition) is 2. The Labute approximate surface area is 127 Å². The second kappa shape index (κ2) is 6.50. The maximum absolute atomic E-state index is 12.2. The third-order valence-electron chi connectivity index (χ3n) is 4.70. The van der Waals surface area contributed by atoms with E-state index in [0.717, 1.165) is 25.0 Å². The highest BCUT2D eigenvalue weighted by molar-refractivity contribution is 5.81. The number of carbonyl (C=O) groups is 1. The second-order valence-corrected chi connectivity index (χ2v) is 6.39. The molecule has 3 heteroatoms. The first-order chi connectivity index (χ1) is 10.2. The summed E-state index contributed by atoms with van der Waals surface area (Å²) in [6.07, 6.45) is 9.10. The van der Waals surface area contributed by atoms with Gasteiger partial charge in [0, 0.05) is 6.04 Å². The molecular weight excluding hydrogens is 262 g/mol. The van der Waals surface area contributed by atoms with Crippen molar-refractivity contribution in [3.63, 3.8) is 0 Å². The van der Waals surface area contributed by atoms with E-state index in [9.17, 15) is 4.79 Å². The zero-order valence-corrected chi connectivity index (χ0v) is 12.9. The molecule has 0 radical (unpaired) electrons. The van der Waals surface area contributed by atoms with Crippen molar-refractivity contribution in [2.75, 3.05) is 0 Å². The lowest BCUT2D eigenvalue weighted by molar-refractivity contribution is -0.127. The van der Waals surface area contributed by atoms with Crippen LogP contribution in [0.2, 0.25) is 0 Å². The maximum Gasteiger partial charge on any atom is 0.260 e. The van der Waals surface area contributed by atoms with Gasteiger partial charge in [-0.05, 0) is 68.7 Å². The molecule has 1 N–H and O–H groups in total. The minimum atomic E-state index is -0.424. The van der Waals surface area contributed by atoms with Crippen LogP contribution in [0.15, 0.2) is 18.2 Å². The number of hydrogen-bond donors (Lipinski definition) is 1. The first kappa shape index (κ1) is 14.4. The number of carbonyl (C=O) groups excluding carboxylic acids is 1. The highest BCUT2D eigenvalue weighted by Gasteiger charge is 2.22. The number of fused-ring (bicyclic) bond motifs is 1. The first-order valence-corrected chi connectivity index (χ1v) is 8.31. The molecule has 0 bridgehead atoms. The maximum atomic E-state index is 12.2. The zero-order valence-electron chi connectivity index (χ0n) is 12.9. The van der Waals surface area contributed by atoms with E-state index in [2.05, 4.69) is 17.4 Å². The van der Waals surface area contributed by atoms with Crippen LogP contribution in [0.3, 0.4) is 0 Å². The van der Waals surface area contributed by atoms with Crippen molar-refractivity contribution in [1.29, 1.82) is 0 Å². The van der Waals surface area contributed by atoms with Crippen molar-refractivity contribution in [1.82, 2.24) is 5.32 Å². The summed E-state index contributed by atoms with van der Waals surface area (Å²) in [7, 11) is 0. The Hall–Kier alpha value is -1.51. The molecule has 0 aliphatic heterocycles. The molecular formula is C18H25NO2. The van der Waals surface area contributed by atoms with Crippen molar-refractivity contribution >= 4 is 5.91 Å². The second-order valence-electron chi connectivity index (χ2n) is 6.39. The van der Waals surface area contributed by atoms with Gasteiger partial charge in [0.25, 0.3) is 5.91 Å². The molecule has 21 heavy (non-hydrogen) atoms. The van der Waals surface area contributed by atoms with E-state index >= 15 is 0 Å². The molecule has 0 spiro atoms. The van der Waals surface area contributed by atoms with Gasteiger partial charge < -0.3 is 10.1 Å². The van der Waals surface area contributed by atoms with E-state index < -0.39 is 6.10 Å². The van der Waals surface area contributed by atoms with Gasteiger partial charge in [-0.15, -0.1) is 0 Å². The Kier molecular flexibility index (Phi) is 4.47. The van der Waals surface area contributed by atoms with Gasteiger partial charge in [0.2, 0.25) is 0 Å².